The van der Waals surface area contributed by atoms with Crippen molar-refractivity contribution in [1.82, 2.24) is 25.0 Å². The quantitative estimate of drug-likeness (QED) is 0.544. The van der Waals surface area contributed by atoms with Gasteiger partial charge in [0.1, 0.15) is 5.15 Å². The molecule has 2 N–H and O–H groups in total. The number of benzene rings is 1. The third-order valence-corrected chi connectivity index (χ3v) is 4.79. The van der Waals surface area contributed by atoms with Crippen LogP contribution in [0.1, 0.15) is 24.2 Å². The van der Waals surface area contributed by atoms with Crippen LogP contribution < -0.4 is 5.32 Å². The van der Waals surface area contributed by atoms with Crippen LogP contribution in [0.5, 0.6) is 0 Å². The molecule has 1 amide bonds. The van der Waals surface area contributed by atoms with Crippen molar-refractivity contribution in [3.63, 3.8) is 0 Å². The summed E-state index contributed by atoms with van der Waals surface area (Å²) in [5.41, 5.74) is 2.64. The number of nitrogens with zero attached hydrogens (tertiary/aromatic N) is 4. The molecule has 3 aromatic rings. The number of carbonyl (C=O) groups is 1. The van der Waals surface area contributed by atoms with Crippen molar-refractivity contribution in [2.45, 2.75) is 19.5 Å². The van der Waals surface area contributed by atoms with Crippen molar-refractivity contribution in [3.8, 4) is 0 Å². The Balaban J connectivity index is 1.72. The molecule has 3 rings (SSSR count). The number of fused-ring (bicyclic) bond motifs is 1. The highest BCUT2D eigenvalue weighted by molar-refractivity contribution is 6.30. The highest BCUT2D eigenvalue weighted by Gasteiger charge is 2.15. The summed E-state index contributed by atoms with van der Waals surface area (Å²) in [5, 5.41) is 17.5. The summed E-state index contributed by atoms with van der Waals surface area (Å²) in [6.45, 7) is 3.93. The highest BCUT2D eigenvalue weighted by Crippen LogP contribution is 2.22. The number of hydrogen-bond acceptors (Lipinski definition) is 4. The van der Waals surface area contributed by atoms with E-state index in [-0.39, 0.29) is 6.04 Å². The average Bonchev–Trinajstić information content (AvgIpc) is 3.10. The van der Waals surface area contributed by atoms with Gasteiger partial charge in [-0.1, -0.05) is 48.0 Å². The number of rotatable bonds is 8. The van der Waals surface area contributed by atoms with Crippen molar-refractivity contribution in [2.24, 2.45) is 0 Å². The maximum Gasteiger partial charge on any atom is 0.405 e. The van der Waals surface area contributed by atoms with Gasteiger partial charge in [0.25, 0.3) is 0 Å². The SMILES string of the molecule is CCn1ncc2cc(Cl)nc(C=CCN(C)CC(NC(=O)O)c3ccccc3)c21. The van der Waals surface area contributed by atoms with E-state index >= 15 is 0 Å². The van der Waals surface area contributed by atoms with Crippen LogP contribution in [0.2, 0.25) is 5.15 Å². The fraction of sp³-hybridized carbons (Fsp3) is 0.286. The van der Waals surface area contributed by atoms with Crippen molar-refractivity contribution >= 4 is 34.7 Å². The van der Waals surface area contributed by atoms with E-state index in [2.05, 4.69) is 15.4 Å². The molecular weight excluding hydrogens is 390 g/mol. The summed E-state index contributed by atoms with van der Waals surface area (Å²) in [7, 11) is 1.95. The first-order valence-corrected chi connectivity index (χ1v) is 9.77. The first kappa shape index (κ1) is 20.8. The molecule has 1 atom stereocenters. The predicted molar refractivity (Wildman–Crippen MR) is 115 cm³/mol. The fourth-order valence-electron chi connectivity index (χ4n) is 3.27. The van der Waals surface area contributed by atoms with E-state index in [1.165, 1.54) is 0 Å². The smallest absolute Gasteiger partial charge is 0.405 e. The molecule has 0 spiro atoms. The second-order valence-electron chi connectivity index (χ2n) is 6.76. The number of nitrogens with one attached hydrogen (secondary N) is 1. The molecule has 0 fully saturated rings. The zero-order valence-corrected chi connectivity index (χ0v) is 17.2. The van der Waals surface area contributed by atoms with Gasteiger partial charge in [-0.25, -0.2) is 9.78 Å². The summed E-state index contributed by atoms with van der Waals surface area (Å²) in [6.07, 6.45) is 4.67. The number of halogens is 1. The maximum absolute atomic E-state index is 11.2. The third kappa shape index (κ3) is 5.34. The maximum atomic E-state index is 11.2. The van der Waals surface area contributed by atoms with Crippen molar-refractivity contribution in [3.05, 3.63) is 65.1 Å². The Morgan fingerprint density at radius 1 is 1.38 bits per heavy atom. The van der Waals surface area contributed by atoms with Gasteiger partial charge < -0.3 is 15.3 Å². The zero-order chi connectivity index (χ0) is 20.8. The summed E-state index contributed by atoms with van der Waals surface area (Å²) < 4.78 is 1.89. The second-order valence-corrected chi connectivity index (χ2v) is 7.15. The van der Waals surface area contributed by atoms with Gasteiger partial charge in [-0.3, -0.25) is 4.68 Å². The molecule has 0 aliphatic carbocycles. The van der Waals surface area contributed by atoms with Crippen molar-refractivity contribution in [2.75, 3.05) is 20.1 Å². The largest absolute Gasteiger partial charge is 0.465 e. The Labute approximate surface area is 174 Å². The van der Waals surface area contributed by atoms with Gasteiger partial charge in [0.2, 0.25) is 0 Å². The second kappa shape index (κ2) is 9.54. The molecule has 0 saturated carbocycles. The Hall–Kier alpha value is -2.90. The molecule has 7 nitrogen and oxygen atoms in total. The van der Waals surface area contributed by atoms with E-state index in [1.807, 2.05) is 72.1 Å². The lowest BCUT2D eigenvalue weighted by atomic mass is 10.1. The Morgan fingerprint density at radius 3 is 2.83 bits per heavy atom. The summed E-state index contributed by atoms with van der Waals surface area (Å²) in [4.78, 5) is 17.7. The summed E-state index contributed by atoms with van der Waals surface area (Å²) >= 11 is 6.15. The molecular formula is C21H24ClN5O2. The van der Waals surface area contributed by atoms with Gasteiger partial charge in [-0.2, -0.15) is 5.10 Å². The molecule has 0 aliphatic heterocycles. The molecule has 0 radical (unpaired) electrons. The van der Waals surface area contributed by atoms with Crippen LogP contribution >= 0.6 is 11.6 Å². The van der Waals surface area contributed by atoms with Gasteiger partial charge in [0.05, 0.1) is 23.4 Å². The van der Waals surface area contributed by atoms with E-state index < -0.39 is 6.09 Å². The molecule has 1 aromatic carbocycles. The van der Waals surface area contributed by atoms with Crippen LogP contribution in [0.25, 0.3) is 17.0 Å². The van der Waals surface area contributed by atoms with E-state index in [0.29, 0.717) is 18.2 Å². The number of pyridine rings is 1. The Morgan fingerprint density at radius 2 is 2.14 bits per heavy atom. The lowest BCUT2D eigenvalue weighted by Gasteiger charge is -2.23. The number of aryl methyl sites for hydroxylation is 1. The molecule has 1 unspecified atom stereocenters. The van der Waals surface area contributed by atoms with Crippen LogP contribution in [0.3, 0.4) is 0 Å². The van der Waals surface area contributed by atoms with Crippen molar-refractivity contribution in [1.29, 1.82) is 0 Å². The molecule has 152 valence electrons. The van der Waals surface area contributed by atoms with Gasteiger partial charge in [0.15, 0.2) is 0 Å². The van der Waals surface area contributed by atoms with Gasteiger partial charge in [-0.05, 0) is 31.7 Å². The molecule has 0 bridgehead atoms. The minimum Gasteiger partial charge on any atom is -0.465 e. The lowest BCUT2D eigenvalue weighted by Crippen LogP contribution is -2.35. The lowest BCUT2D eigenvalue weighted by molar-refractivity contribution is 0.185. The molecule has 2 aromatic heterocycles. The number of carboxylic acid groups (broad SMARTS) is 1. The number of likely N-dealkylation sites (N-methyl/N-ethyl adjacent to an activating group) is 1. The van der Waals surface area contributed by atoms with Gasteiger partial charge in [0, 0.05) is 25.0 Å². The van der Waals surface area contributed by atoms with Crippen LogP contribution in [-0.4, -0.2) is 51.0 Å². The summed E-state index contributed by atoms with van der Waals surface area (Å²) in [6, 6.07) is 11.0. The van der Waals surface area contributed by atoms with Crippen LogP contribution in [0, 0.1) is 0 Å². The molecule has 2 heterocycles. The number of aromatic nitrogens is 3. The summed E-state index contributed by atoms with van der Waals surface area (Å²) in [5.74, 6) is 0. The van der Waals surface area contributed by atoms with Gasteiger partial charge >= 0.3 is 6.09 Å². The Bertz CT molecular complexity index is 1000. The fourth-order valence-corrected chi connectivity index (χ4v) is 3.48. The molecule has 0 saturated heterocycles. The van der Waals surface area contributed by atoms with E-state index in [0.717, 1.165) is 28.7 Å². The Kier molecular flexibility index (Phi) is 6.85. The van der Waals surface area contributed by atoms with Crippen molar-refractivity contribution < 1.29 is 9.90 Å². The highest BCUT2D eigenvalue weighted by atomic mass is 35.5. The molecule has 29 heavy (non-hydrogen) atoms. The monoisotopic (exact) mass is 413 g/mol. The first-order chi connectivity index (χ1) is 14.0. The van der Waals surface area contributed by atoms with Crippen LogP contribution in [0.4, 0.5) is 4.79 Å². The first-order valence-electron chi connectivity index (χ1n) is 9.39. The average molecular weight is 414 g/mol. The normalized spacial score (nSPS) is 12.7. The minimum atomic E-state index is -1.04. The van der Waals surface area contributed by atoms with E-state index in [1.54, 1.807) is 6.20 Å². The molecule has 0 aliphatic rings. The van der Waals surface area contributed by atoms with Crippen LogP contribution in [0.15, 0.2) is 48.7 Å². The van der Waals surface area contributed by atoms with E-state index in [9.17, 15) is 4.79 Å². The van der Waals surface area contributed by atoms with E-state index in [4.69, 9.17) is 16.7 Å². The standard InChI is InChI=1S/C21H24ClN5O2/c1-3-27-20-16(13-23-27)12-19(22)24-17(20)10-7-11-26(2)14-18(25-21(28)29)15-8-5-4-6-9-15/h4-10,12-13,18,25H,3,11,14H2,1-2H3,(H,28,29). The number of amides is 1. The third-order valence-electron chi connectivity index (χ3n) is 4.60. The topological polar surface area (TPSA) is 83.3 Å². The van der Waals surface area contributed by atoms with Gasteiger partial charge in [-0.15, -0.1) is 0 Å². The zero-order valence-electron chi connectivity index (χ0n) is 16.4. The number of hydrogen-bond donors (Lipinski definition) is 2. The van der Waals surface area contributed by atoms with Crippen LogP contribution in [-0.2, 0) is 6.54 Å². The predicted octanol–water partition coefficient (Wildman–Crippen LogP) is 4.06. The molecule has 8 heteroatoms. The minimum absolute atomic E-state index is 0.315.